The number of carbonyl (C=O) groups is 1. The Kier molecular flexibility index (Phi) is 4.49. The second kappa shape index (κ2) is 6.40. The van der Waals surface area contributed by atoms with Gasteiger partial charge in [0.25, 0.3) is 5.56 Å². The van der Waals surface area contributed by atoms with Crippen LogP contribution in [0.1, 0.15) is 10.4 Å². The summed E-state index contributed by atoms with van der Waals surface area (Å²) in [5, 5.41) is 3.39. The van der Waals surface area contributed by atoms with Gasteiger partial charge in [-0.15, -0.1) is 11.3 Å². The lowest BCUT2D eigenvalue weighted by molar-refractivity contribution is -0.116. The zero-order valence-corrected chi connectivity index (χ0v) is 15.6. The second-order valence-electron chi connectivity index (χ2n) is 5.20. The molecule has 0 unspecified atom stereocenters. The number of hydrogen-bond acceptors (Lipinski definition) is 4. The summed E-state index contributed by atoms with van der Waals surface area (Å²) in [6.07, 6.45) is 1.44. The van der Waals surface area contributed by atoms with E-state index in [2.05, 4.69) is 32.9 Å². The molecule has 1 N–H and O–H groups in total. The zero-order valence-electron chi connectivity index (χ0n) is 12.6. The van der Waals surface area contributed by atoms with Crippen molar-refractivity contribution in [2.24, 2.45) is 0 Å². The SMILES string of the molecule is Cc1sc2ncn(CC(=O)Nc3ccc(I)cc3)c(=O)c2c1C. The van der Waals surface area contributed by atoms with Gasteiger partial charge >= 0.3 is 0 Å². The quantitative estimate of drug-likeness (QED) is 0.637. The van der Waals surface area contributed by atoms with Crippen LogP contribution in [-0.4, -0.2) is 15.5 Å². The third kappa shape index (κ3) is 3.30. The number of hydrogen-bond donors (Lipinski definition) is 1. The first-order valence-corrected chi connectivity index (χ1v) is 8.86. The topological polar surface area (TPSA) is 64.0 Å². The molecule has 0 fully saturated rings. The lowest BCUT2D eigenvalue weighted by Crippen LogP contribution is -2.27. The van der Waals surface area contributed by atoms with Crippen molar-refractivity contribution < 1.29 is 4.79 Å². The number of rotatable bonds is 3. The van der Waals surface area contributed by atoms with E-state index in [1.165, 1.54) is 22.2 Å². The molecule has 3 aromatic rings. The molecule has 1 amide bonds. The maximum atomic E-state index is 12.5. The third-order valence-electron chi connectivity index (χ3n) is 3.60. The van der Waals surface area contributed by atoms with Gasteiger partial charge in [0.1, 0.15) is 11.4 Å². The van der Waals surface area contributed by atoms with Crippen LogP contribution in [0.3, 0.4) is 0 Å². The highest BCUT2D eigenvalue weighted by Crippen LogP contribution is 2.25. The Labute approximate surface area is 150 Å². The smallest absolute Gasteiger partial charge is 0.262 e. The number of aryl methyl sites for hydroxylation is 2. The van der Waals surface area contributed by atoms with Crippen molar-refractivity contribution in [3.05, 3.63) is 55.0 Å². The van der Waals surface area contributed by atoms with E-state index in [9.17, 15) is 9.59 Å². The van der Waals surface area contributed by atoms with E-state index in [1.54, 1.807) is 0 Å². The first-order chi connectivity index (χ1) is 11.0. The van der Waals surface area contributed by atoms with Crippen LogP contribution in [0.5, 0.6) is 0 Å². The molecule has 0 saturated carbocycles. The molecule has 118 valence electrons. The first kappa shape index (κ1) is 16.1. The van der Waals surface area contributed by atoms with Crippen LogP contribution in [0.4, 0.5) is 5.69 Å². The fraction of sp³-hybridized carbons (Fsp3) is 0.188. The van der Waals surface area contributed by atoms with Crippen LogP contribution in [0.2, 0.25) is 0 Å². The molecule has 0 saturated heterocycles. The van der Waals surface area contributed by atoms with Crippen LogP contribution in [0.25, 0.3) is 10.2 Å². The number of halogens is 1. The first-order valence-electron chi connectivity index (χ1n) is 6.96. The summed E-state index contributed by atoms with van der Waals surface area (Å²) in [5.74, 6) is -0.251. The Morgan fingerprint density at radius 2 is 2.00 bits per heavy atom. The molecule has 0 spiro atoms. The van der Waals surface area contributed by atoms with E-state index in [-0.39, 0.29) is 18.0 Å². The van der Waals surface area contributed by atoms with E-state index in [0.29, 0.717) is 11.1 Å². The molecular formula is C16H14IN3O2S. The average molecular weight is 439 g/mol. The van der Waals surface area contributed by atoms with Gasteiger partial charge in [0.05, 0.1) is 11.7 Å². The summed E-state index contributed by atoms with van der Waals surface area (Å²) >= 11 is 3.70. The van der Waals surface area contributed by atoms with Gasteiger partial charge in [0, 0.05) is 14.1 Å². The van der Waals surface area contributed by atoms with Gasteiger partial charge in [-0.05, 0) is 66.3 Å². The number of aromatic nitrogens is 2. The number of carbonyl (C=O) groups excluding carboxylic acids is 1. The van der Waals surface area contributed by atoms with Gasteiger partial charge < -0.3 is 5.32 Å². The molecule has 2 heterocycles. The number of fused-ring (bicyclic) bond motifs is 1. The molecule has 0 aliphatic heterocycles. The Morgan fingerprint density at radius 1 is 1.30 bits per heavy atom. The Balaban J connectivity index is 1.85. The Morgan fingerprint density at radius 3 is 2.70 bits per heavy atom. The molecular weight excluding hydrogens is 425 g/mol. The summed E-state index contributed by atoms with van der Waals surface area (Å²) in [6, 6.07) is 7.48. The number of amides is 1. The van der Waals surface area contributed by atoms with Gasteiger partial charge in [-0.2, -0.15) is 0 Å². The normalized spacial score (nSPS) is 10.9. The average Bonchev–Trinajstić information content (AvgIpc) is 2.80. The lowest BCUT2D eigenvalue weighted by Gasteiger charge is -2.07. The van der Waals surface area contributed by atoms with Gasteiger partial charge in [0.15, 0.2) is 0 Å². The number of nitrogens with one attached hydrogen (secondary N) is 1. The highest BCUT2D eigenvalue weighted by Gasteiger charge is 2.13. The van der Waals surface area contributed by atoms with Gasteiger partial charge in [-0.3, -0.25) is 14.2 Å². The highest BCUT2D eigenvalue weighted by molar-refractivity contribution is 14.1. The van der Waals surface area contributed by atoms with Gasteiger partial charge in [-0.1, -0.05) is 0 Å². The number of nitrogens with zero attached hydrogens (tertiary/aromatic N) is 2. The maximum absolute atomic E-state index is 12.5. The standard InChI is InChI=1S/C16H14IN3O2S/c1-9-10(2)23-15-14(9)16(22)20(8-18-15)7-13(21)19-12-5-3-11(17)4-6-12/h3-6,8H,7H2,1-2H3,(H,19,21). The van der Waals surface area contributed by atoms with Gasteiger partial charge in [0.2, 0.25) is 5.91 Å². The van der Waals surface area contributed by atoms with E-state index in [0.717, 1.165) is 18.8 Å². The summed E-state index contributed by atoms with van der Waals surface area (Å²) < 4.78 is 2.44. The number of anilines is 1. The van der Waals surface area contributed by atoms with E-state index < -0.39 is 0 Å². The van der Waals surface area contributed by atoms with Crippen LogP contribution < -0.4 is 10.9 Å². The minimum Gasteiger partial charge on any atom is -0.325 e. The van der Waals surface area contributed by atoms with E-state index in [1.807, 2.05) is 38.1 Å². The fourth-order valence-electron chi connectivity index (χ4n) is 2.27. The minimum atomic E-state index is -0.251. The molecule has 0 radical (unpaired) electrons. The Hall–Kier alpha value is -1.74. The largest absolute Gasteiger partial charge is 0.325 e. The van der Waals surface area contributed by atoms with Crippen LogP contribution in [0.15, 0.2) is 35.4 Å². The predicted octanol–water partition coefficient (Wildman–Crippen LogP) is 3.32. The molecule has 23 heavy (non-hydrogen) atoms. The van der Waals surface area contributed by atoms with E-state index in [4.69, 9.17) is 0 Å². The summed E-state index contributed by atoms with van der Waals surface area (Å²) in [5.41, 5.74) is 1.48. The number of benzene rings is 1. The summed E-state index contributed by atoms with van der Waals surface area (Å²) in [4.78, 5) is 30.8. The van der Waals surface area contributed by atoms with Crippen molar-refractivity contribution in [2.75, 3.05) is 5.32 Å². The van der Waals surface area contributed by atoms with Crippen molar-refractivity contribution in [3.63, 3.8) is 0 Å². The summed E-state index contributed by atoms with van der Waals surface area (Å²) in [7, 11) is 0. The molecule has 0 atom stereocenters. The molecule has 0 aliphatic rings. The lowest BCUT2D eigenvalue weighted by atomic mass is 10.2. The van der Waals surface area contributed by atoms with Crippen LogP contribution in [0, 0.1) is 17.4 Å². The molecule has 7 heteroatoms. The molecule has 0 bridgehead atoms. The summed E-state index contributed by atoms with van der Waals surface area (Å²) in [6.45, 7) is 3.82. The van der Waals surface area contributed by atoms with Crippen molar-refractivity contribution in [1.29, 1.82) is 0 Å². The molecule has 0 aliphatic carbocycles. The predicted molar refractivity (Wildman–Crippen MR) is 101 cm³/mol. The van der Waals surface area contributed by atoms with E-state index >= 15 is 0 Å². The molecule has 1 aromatic carbocycles. The van der Waals surface area contributed by atoms with Crippen molar-refractivity contribution in [1.82, 2.24) is 9.55 Å². The monoisotopic (exact) mass is 439 g/mol. The minimum absolute atomic E-state index is 0.0535. The molecule has 5 nitrogen and oxygen atoms in total. The zero-order chi connectivity index (χ0) is 16.6. The van der Waals surface area contributed by atoms with Crippen LogP contribution in [-0.2, 0) is 11.3 Å². The van der Waals surface area contributed by atoms with Crippen LogP contribution >= 0.6 is 33.9 Å². The maximum Gasteiger partial charge on any atom is 0.262 e. The third-order valence-corrected chi connectivity index (χ3v) is 5.43. The van der Waals surface area contributed by atoms with Crippen molar-refractivity contribution in [2.45, 2.75) is 20.4 Å². The highest BCUT2D eigenvalue weighted by atomic mass is 127. The molecule has 3 rings (SSSR count). The number of thiophene rings is 1. The molecule has 2 aromatic heterocycles. The van der Waals surface area contributed by atoms with Crippen molar-refractivity contribution in [3.8, 4) is 0 Å². The second-order valence-corrected chi connectivity index (χ2v) is 7.64. The Bertz CT molecular complexity index is 944. The van der Waals surface area contributed by atoms with Gasteiger partial charge in [-0.25, -0.2) is 4.98 Å². The van der Waals surface area contributed by atoms with Crippen molar-refractivity contribution >= 4 is 55.7 Å². The fourth-order valence-corrected chi connectivity index (χ4v) is 3.62.